The average Bonchev–Trinajstić information content (AvgIpc) is 3.43. The molecule has 2 aliphatic heterocycles. The Labute approximate surface area is 176 Å². The highest BCUT2D eigenvalue weighted by Gasteiger charge is 2.32. The number of guanidine groups is 1. The minimum absolute atomic E-state index is 0.275. The van der Waals surface area contributed by atoms with Gasteiger partial charge in [-0.05, 0) is 51.4 Å². The van der Waals surface area contributed by atoms with Crippen molar-refractivity contribution in [2.75, 3.05) is 52.6 Å². The molecule has 7 heteroatoms. The van der Waals surface area contributed by atoms with E-state index in [0.29, 0.717) is 17.9 Å². The molecule has 0 aromatic heterocycles. The molecule has 1 atom stereocenters. The number of carbonyl (C=O) groups is 1. The second-order valence-electron chi connectivity index (χ2n) is 8.64. The van der Waals surface area contributed by atoms with Crippen LogP contribution in [0.25, 0.3) is 0 Å². The Balaban J connectivity index is 1.32. The molecule has 0 bridgehead atoms. The molecular weight excluding hydrogens is 368 g/mol. The summed E-state index contributed by atoms with van der Waals surface area (Å²) in [5, 5.41) is 6.86. The fourth-order valence-corrected chi connectivity index (χ4v) is 4.54. The van der Waals surface area contributed by atoms with E-state index in [0.717, 1.165) is 97.1 Å². The van der Waals surface area contributed by atoms with Crippen molar-refractivity contribution in [3.63, 3.8) is 0 Å². The number of nitrogens with one attached hydrogen (secondary N) is 2. The maximum atomic E-state index is 12.6. The van der Waals surface area contributed by atoms with Gasteiger partial charge in [0.15, 0.2) is 5.96 Å². The standard InChI is InChI=1S/C22H40N4O3/c1-2-23-22(24-11-5-13-29-17-18-9-14-28-15-10-18)25-20-8-12-26(16-20)21(27)19-6-3-4-7-19/h18-20H,2-17H2,1H3,(H2,23,24,25). The summed E-state index contributed by atoms with van der Waals surface area (Å²) in [6.07, 6.45) is 8.74. The van der Waals surface area contributed by atoms with Gasteiger partial charge in [0, 0.05) is 64.6 Å². The number of carbonyl (C=O) groups excluding carboxylic acids is 1. The highest BCUT2D eigenvalue weighted by atomic mass is 16.5. The second-order valence-corrected chi connectivity index (χ2v) is 8.64. The van der Waals surface area contributed by atoms with Crippen LogP contribution in [0.3, 0.4) is 0 Å². The van der Waals surface area contributed by atoms with Crippen molar-refractivity contribution in [1.29, 1.82) is 0 Å². The van der Waals surface area contributed by atoms with E-state index in [1.54, 1.807) is 0 Å². The summed E-state index contributed by atoms with van der Waals surface area (Å²) in [6.45, 7) is 8.69. The van der Waals surface area contributed by atoms with Crippen molar-refractivity contribution in [1.82, 2.24) is 15.5 Å². The van der Waals surface area contributed by atoms with Crippen LogP contribution in [-0.2, 0) is 14.3 Å². The zero-order valence-electron chi connectivity index (χ0n) is 18.2. The molecule has 0 spiro atoms. The van der Waals surface area contributed by atoms with Gasteiger partial charge in [-0.25, -0.2) is 0 Å². The van der Waals surface area contributed by atoms with Crippen LogP contribution in [0.2, 0.25) is 0 Å². The zero-order chi connectivity index (χ0) is 20.3. The van der Waals surface area contributed by atoms with Gasteiger partial charge in [-0.2, -0.15) is 0 Å². The van der Waals surface area contributed by atoms with Crippen molar-refractivity contribution in [2.24, 2.45) is 16.8 Å². The van der Waals surface area contributed by atoms with Crippen LogP contribution >= 0.6 is 0 Å². The summed E-state index contributed by atoms with van der Waals surface area (Å²) < 4.78 is 11.2. The molecule has 3 aliphatic rings. The van der Waals surface area contributed by atoms with Crippen LogP contribution < -0.4 is 10.6 Å². The Bertz CT molecular complexity index is 516. The molecule has 0 aromatic carbocycles. The quantitative estimate of drug-likeness (QED) is 0.347. The van der Waals surface area contributed by atoms with Crippen molar-refractivity contribution in [3.05, 3.63) is 0 Å². The van der Waals surface area contributed by atoms with Gasteiger partial charge >= 0.3 is 0 Å². The first-order chi connectivity index (χ1) is 14.3. The van der Waals surface area contributed by atoms with E-state index >= 15 is 0 Å². The second kappa shape index (κ2) is 12.4. The van der Waals surface area contributed by atoms with Gasteiger partial charge in [0.2, 0.25) is 5.91 Å². The first-order valence-corrected chi connectivity index (χ1v) is 11.8. The largest absolute Gasteiger partial charge is 0.381 e. The number of rotatable bonds is 9. The lowest BCUT2D eigenvalue weighted by Crippen LogP contribution is -2.45. The molecule has 0 aromatic rings. The Kier molecular flexibility index (Phi) is 9.54. The van der Waals surface area contributed by atoms with E-state index < -0.39 is 0 Å². The lowest BCUT2D eigenvalue weighted by molar-refractivity contribution is -0.134. The molecule has 1 saturated carbocycles. The molecule has 1 unspecified atom stereocenters. The van der Waals surface area contributed by atoms with Crippen LogP contribution in [0.15, 0.2) is 4.99 Å². The Morgan fingerprint density at radius 3 is 2.72 bits per heavy atom. The van der Waals surface area contributed by atoms with Gasteiger partial charge in [-0.15, -0.1) is 0 Å². The summed E-state index contributed by atoms with van der Waals surface area (Å²) in [7, 11) is 0. The maximum Gasteiger partial charge on any atom is 0.225 e. The number of likely N-dealkylation sites (tertiary alicyclic amines) is 1. The summed E-state index contributed by atoms with van der Waals surface area (Å²) in [5.41, 5.74) is 0. The number of hydrogen-bond acceptors (Lipinski definition) is 4. The predicted octanol–water partition coefficient (Wildman–Crippen LogP) is 2.17. The SMILES string of the molecule is CCNC(=NCCCOCC1CCOCC1)NC1CCN(C(=O)C2CCCC2)C1. The fourth-order valence-electron chi connectivity index (χ4n) is 4.54. The normalized spacial score (nSPS) is 24.2. The maximum absolute atomic E-state index is 12.6. The van der Waals surface area contributed by atoms with Gasteiger partial charge in [0.05, 0.1) is 0 Å². The van der Waals surface area contributed by atoms with E-state index in [-0.39, 0.29) is 5.92 Å². The van der Waals surface area contributed by atoms with Crippen molar-refractivity contribution < 1.29 is 14.3 Å². The lowest BCUT2D eigenvalue weighted by Gasteiger charge is -2.22. The van der Waals surface area contributed by atoms with Crippen molar-refractivity contribution >= 4 is 11.9 Å². The third kappa shape index (κ3) is 7.45. The van der Waals surface area contributed by atoms with Crippen molar-refractivity contribution in [3.8, 4) is 0 Å². The minimum atomic E-state index is 0.275. The Morgan fingerprint density at radius 1 is 1.17 bits per heavy atom. The molecule has 1 aliphatic carbocycles. The number of amides is 1. The van der Waals surface area contributed by atoms with Gasteiger partial charge < -0.3 is 25.0 Å². The molecule has 166 valence electrons. The van der Waals surface area contributed by atoms with Gasteiger partial charge in [-0.3, -0.25) is 9.79 Å². The molecule has 2 heterocycles. The van der Waals surface area contributed by atoms with Gasteiger partial charge in [0.25, 0.3) is 0 Å². The molecule has 2 N–H and O–H groups in total. The molecule has 1 amide bonds. The number of aliphatic imine (C=N–C) groups is 1. The van der Waals surface area contributed by atoms with Crippen LogP contribution in [0.1, 0.15) is 58.3 Å². The monoisotopic (exact) mass is 408 g/mol. The van der Waals surface area contributed by atoms with Gasteiger partial charge in [-0.1, -0.05) is 12.8 Å². The molecule has 0 radical (unpaired) electrons. The molecular formula is C22H40N4O3. The highest BCUT2D eigenvalue weighted by Crippen LogP contribution is 2.27. The van der Waals surface area contributed by atoms with Crippen LogP contribution in [0.4, 0.5) is 0 Å². The molecule has 2 saturated heterocycles. The first kappa shape index (κ1) is 22.3. The van der Waals surface area contributed by atoms with E-state index in [9.17, 15) is 4.79 Å². The highest BCUT2D eigenvalue weighted by molar-refractivity contribution is 5.81. The van der Waals surface area contributed by atoms with E-state index in [4.69, 9.17) is 14.5 Å². The van der Waals surface area contributed by atoms with E-state index in [1.807, 2.05) is 0 Å². The minimum Gasteiger partial charge on any atom is -0.381 e. The van der Waals surface area contributed by atoms with E-state index in [2.05, 4.69) is 22.5 Å². The Hall–Kier alpha value is -1.34. The summed E-state index contributed by atoms with van der Waals surface area (Å²) in [5.74, 6) is 2.16. The first-order valence-electron chi connectivity index (χ1n) is 11.8. The number of ether oxygens (including phenoxy) is 2. The van der Waals surface area contributed by atoms with Crippen molar-refractivity contribution in [2.45, 2.75) is 64.3 Å². The lowest BCUT2D eigenvalue weighted by atomic mass is 10.0. The topological polar surface area (TPSA) is 75.2 Å². The predicted molar refractivity (Wildman–Crippen MR) is 115 cm³/mol. The summed E-state index contributed by atoms with van der Waals surface area (Å²) in [4.78, 5) is 19.4. The summed E-state index contributed by atoms with van der Waals surface area (Å²) in [6, 6.07) is 0.294. The smallest absolute Gasteiger partial charge is 0.225 e. The third-order valence-electron chi connectivity index (χ3n) is 6.30. The summed E-state index contributed by atoms with van der Waals surface area (Å²) >= 11 is 0. The molecule has 3 fully saturated rings. The third-order valence-corrected chi connectivity index (χ3v) is 6.30. The number of nitrogens with zero attached hydrogens (tertiary/aromatic N) is 2. The average molecular weight is 409 g/mol. The van der Waals surface area contributed by atoms with Crippen LogP contribution in [-0.4, -0.2) is 75.4 Å². The number of hydrogen-bond donors (Lipinski definition) is 2. The van der Waals surface area contributed by atoms with Gasteiger partial charge in [0.1, 0.15) is 0 Å². The molecule has 7 nitrogen and oxygen atoms in total. The molecule has 3 rings (SSSR count). The fraction of sp³-hybridized carbons (Fsp3) is 0.909. The molecule has 29 heavy (non-hydrogen) atoms. The van der Waals surface area contributed by atoms with E-state index in [1.165, 1.54) is 12.8 Å². The zero-order valence-corrected chi connectivity index (χ0v) is 18.2. The van der Waals surface area contributed by atoms with Crippen LogP contribution in [0.5, 0.6) is 0 Å². The Morgan fingerprint density at radius 2 is 1.97 bits per heavy atom. The van der Waals surface area contributed by atoms with Crippen LogP contribution in [0, 0.1) is 11.8 Å².